The van der Waals surface area contributed by atoms with Crippen LogP contribution in [0.5, 0.6) is 0 Å². The Balaban J connectivity index is 1.73. The average molecular weight is 405 g/mol. The van der Waals surface area contributed by atoms with Gasteiger partial charge in [-0.3, -0.25) is 0 Å². The fourth-order valence-corrected chi connectivity index (χ4v) is 5.60. The maximum absolute atomic E-state index is 4.80. The van der Waals surface area contributed by atoms with Crippen LogP contribution in [0.15, 0.2) is 79.1 Å². The van der Waals surface area contributed by atoms with Crippen LogP contribution in [0, 0.1) is 0 Å². The van der Waals surface area contributed by atoms with Gasteiger partial charge in [-0.15, -0.1) is 11.3 Å². The van der Waals surface area contributed by atoms with Gasteiger partial charge in [-0.25, -0.2) is 9.97 Å². The maximum atomic E-state index is 4.80. The zero-order valence-electron chi connectivity index (χ0n) is 16.9. The lowest BCUT2D eigenvalue weighted by Gasteiger charge is -2.14. The third kappa shape index (κ3) is 2.55. The van der Waals surface area contributed by atoms with Crippen molar-refractivity contribution >= 4 is 53.2 Å². The summed E-state index contributed by atoms with van der Waals surface area (Å²) >= 11 is 1.75. The molecule has 0 bridgehead atoms. The standard InChI is InChI=1S/C27H20N2S/c1-16(2)19-11-12-22(21-10-6-5-9-20(19)21)26-25-23-13-17-7-3-4-8-18(17)14-24(23)30-27(25)29-15-28-26/h3-16H,1-2H3. The minimum atomic E-state index is 0.475. The summed E-state index contributed by atoms with van der Waals surface area (Å²) in [6.07, 6.45) is 1.71. The van der Waals surface area contributed by atoms with E-state index in [2.05, 4.69) is 91.6 Å². The molecular formula is C27H20N2S. The van der Waals surface area contributed by atoms with Crippen molar-refractivity contribution in [3.63, 3.8) is 0 Å². The Morgan fingerprint density at radius 2 is 1.47 bits per heavy atom. The van der Waals surface area contributed by atoms with E-state index in [-0.39, 0.29) is 0 Å². The van der Waals surface area contributed by atoms with Gasteiger partial charge in [-0.05, 0) is 45.2 Å². The highest BCUT2D eigenvalue weighted by Gasteiger charge is 2.17. The van der Waals surface area contributed by atoms with Crippen molar-refractivity contribution in [1.29, 1.82) is 0 Å². The molecular weight excluding hydrogens is 384 g/mol. The van der Waals surface area contributed by atoms with E-state index >= 15 is 0 Å². The Hall–Kier alpha value is -3.30. The van der Waals surface area contributed by atoms with Crippen LogP contribution < -0.4 is 0 Å². The summed E-state index contributed by atoms with van der Waals surface area (Å²) in [5.74, 6) is 0.475. The van der Waals surface area contributed by atoms with E-state index in [1.807, 2.05) is 0 Å². The molecule has 2 heterocycles. The first-order valence-electron chi connectivity index (χ1n) is 10.3. The largest absolute Gasteiger partial charge is 0.236 e. The SMILES string of the molecule is CC(C)c1ccc(-c2ncnc3sc4cc5ccccc5cc4c23)c2ccccc12. The molecule has 6 aromatic rings. The highest BCUT2D eigenvalue weighted by atomic mass is 32.1. The van der Waals surface area contributed by atoms with Crippen LogP contribution in [0.4, 0.5) is 0 Å². The number of nitrogens with zero attached hydrogens (tertiary/aromatic N) is 2. The van der Waals surface area contributed by atoms with Gasteiger partial charge in [0.1, 0.15) is 11.2 Å². The zero-order valence-corrected chi connectivity index (χ0v) is 17.7. The van der Waals surface area contributed by atoms with Gasteiger partial charge in [-0.1, -0.05) is 74.5 Å². The van der Waals surface area contributed by atoms with Crippen molar-refractivity contribution in [2.75, 3.05) is 0 Å². The van der Waals surface area contributed by atoms with Gasteiger partial charge >= 0.3 is 0 Å². The van der Waals surface area contributed by atoms with Crippen LogP contribution in [0.1, 0.15) is 25.3 Å². The monoisotopic (exact) mass is 404 g/mol. The highest BCUT2D eigenvalue weighted by Crippen LogP contribution is 2.42. The molecule has 0 amide bonds. The van der Waals surface area contributed by atoms with E-state index in [9.17, 15) is 0 Å². The quantitative estimate of drug-likeness (QED) is 0.293. The fourth-order valence-electron chi connectivity index (χ4n) is 4.53. The number of hydrogen-bond donors (Lipinski definition) is 0. The van der Waals surface area contributed by atoms with Crippen molar-refractivity contribution in [2.24, 2.45) is 0 Å². The second-order valence-corrected chi connectivity index (χ2v) is 9.13. The molecule has 0 aliphatic heterocycles. The summed E-state index contributed by atoms with van der Waals surface area (Å²) in [4.78, 5) is 10.5. The molecule has 3 heteroatoms. The van der Waals surface area contributed by atoms with Gasteiger partial charge in [0, 0.05) is 21.0 Å². The van der Waals surface area contributed by atoms with Gasteiger partial charge in [-0.2, -0.15) is 0 Å². The molecule has 0 N–H and O–H groups in total. The fraction of sp³-hybridized carbons (Fsp3) is 0.111. The molecule has 0 saturated carbocycles. The van der Waals surface area contributed by atoms with Gasteiger partial charge in [0.25, 0.3) is 0 Å². The van der Waals surface area contributed by atoms with Crippen molar-refractivity contribution in [2.45, 2.75) is 19.8 Å². The Morgan fingerprint density at radius 1 is 0.733 bits per heavy atom. The second-order valence-electron chi connectivity index (χ2n) is 8.10. The molecule has 0 atom stereocenters. The third-order valence-corrected chi connectivity index (χ3v) is 7.03. The Labute approximate surface area is 178 Å². The number of aromatic nitrogens is 2. The van der Waals surface area contributed by atoms with Crippen LogP contribution in [-0.4, -0.2) is 9.97 Å². The summed E-state index contributed by atoms with van der Waals surface area (Å²) in [5, 5.41) is 7.47. The molecule has 2 nitrogen and oxygen atoms in total. The molecule has 0 aliphatic carbocycles. The van der Waals surface area contributed by atoms with Crippen molar-refractivity contribution in [3.8, 4) is 11.3 Å². The molecule has 0 spiro atoms. The first-order valence-corrected chi connectivity index (χ1v) is 11.1. The molecule has 0 unspecified atom stereocenters. The first kappa shape index (κ1) is 17.5. The van der Waals surface area contributed by atoms with Gasteiger partial charge in [0.15, 0.2) is 0 Å². The molecule has 30 heavy (non-hydrogen) atoms. The Morgan fingerprint density at radius 3 is 2.27 bits per heavy atom. The van der Waals surface area contributed by atoms with E-state index in [1.54, 1.807) is 17.7 Å². The van der Waals surface area contributed by atoms with Crippen LogP contribution in [0.2, 0.25) is 0 Å². The summed E-state index contributed by atoms with van der Waals surface area (Å²) in [6.45, 7) is 4.50. The smallest absolute Gasteiger partial charge is 0.128 e. The number of rotatable bonds is 2. The molecule has 0 aliphatic rings. The lowest BCUT2D eigenvalue weighted by atomic mass is 9.91. The van der Waals surface area contributed by atoms with Crippen LogP contribution in [0.25, 0.3) is 53.1 Å². The van der Waals surface area contributed by atoms with Gasteiger partial charge < -0.3 is 0 Å². The van der Waals surface area contributed by atoms with Crippen molar-refractivity contribution < 1.29 is 0 Å². The molecule has 2 aromatic heterocycles. The molecule has 0 radical (unpaired) electrons. The average Bonchev–Trinajstić information content (AvgIpc) is 3.14. The van der Waals surface area contributed by atoms with E-state index in [4.69, 9.17) is 4.98 Å². The number of fused-ring (bicyclic) bond motifs is 5. The summed E-state index contributed by atoms with van der Waals surface area (Å²) in [5.41, 5.74) is 3.57. The molecule has 0 fully saturated rings. The lowest BCUT2D eigenvalue weighted by molar-refractivity contribution is 0.876. The first-order chi connectivity index (χ1) is 14.7. The maximum Gasteiger partial charge on any atom is 0.128 e. The normalized spacial score (nSPS) is 12.0. The van der Waals surface area contributed by atoms with Crippen LogP contribution >= 0.6 is 11.3 Å². The Bertz CT molecular complexity index is 1580. The van der Waals surface area contributed by atoms with Crippen LogP contribution in [-0.2, 0) is 0 Å². The number of benzene rings is 4. The van der Waals surface area contributed by atoms with E-state index < -0.39 is 0 Å². The summed E-state index contributed by atoms with van der Waals surface area (Å²) in [6, 6.07) is 26.3. The van der Waals surface area contributed by atoms with Gasteiger partial charge in [0.2, 0.25) is 0 Å². The Kier molecular flexibility index (Phi) is 3.87. The molecule has 4 aromatic carbocycles. The summed E-state index contributed by atoms with van der Waals surface area (Å²) < 4.78 is 1.26. The predicted molar refractivity (Wildman–Crippen MR) is 129 cm³/mol. The molecule has 0 saturated heterocycles. The second kappa shape index (κ2) is 6.61. The predicted octanol–water partition coefficient (Wildman–Crippen LogP) is 7.94. The number of hydrogen-bond acceptors (Lipinski definition) is 3. The number of thiophene rings is 1. The summed E-state index contributed by atoms with van der Waals surface area (Å²) in [7, 11) is 0. The van der Waals surface area contributed by atoms with Crippen molar-refractivity contribution in [3.05, 3.63) is 84.7 Å². The lowest BCUT2D eigenvalue weighted by Crippen LogP contribution is -1.93. The minimum absolute atomic E-state index is 0.475. The van der Waals surface area contributed by atoms with E-state index in [1.165, 1.54) is 42.8 Å². The topological polar surface area (TPSA) is 25.8 Å². The zero-order chi connectivity index (χ0) is 20.2. The third-order valence-electron chi connectivity index (χ3n) is 5.97. The minimum Gasteiger partial charge on any atom is -0.236 e. The van der Waals surface area contributed by atoms with Gasteiger partial charge in [0.05, 0.1) is 5.69 Å². The van der Waals surface area contributed by atoms with E-state index in [0.717, 1.165) is 15.9 Å². The van der Waals surface area contributed by atoms with Crippen molar-refractivity contribution in [1.82, 2.24) is 9.97 Å². The van der Waals surface area contributed by atoms with Crippen LogP contribution in [0.3, 0.4) is 0 Å². The molecule has 6 rings (SSSR count). The molecule has 144 valence electrons. The van der Waals surface area contributed by atoms with E-state index in [0.29, 0.717) is 5.92 Å². The highest BCUT2D eigenvalue weighted by molar-refractivity contribution is 7.25.